The molecule has 3 heterocycles. The van der Waals surface area contributed by atoms with E-state index in [1.165, 1.54) is 6.42 Å². The van der Waals surface area contributed by atoms with E-state index in [0.717, 1.165) is 42.9 Å². The molecule has 0 radical (unpaired) electrons. The number of aromatic amines is 1. The normalized spacial score (nSPS) is 17.2. The highest BCUT2D eigenvalue weighted by Crippen LogP contribution is 2.21. The van der Waals surface area contributed by atoms with Gasteiger partial charge in [-0.1, -0.05) is 17.3 Å². The lowest BCUT2D eigenvalue weighted by Gasteiger charge is -2.05. The number of nitrogens with one attached hydrogen (secondary N) is 2. The predicted molar refractivity (Wildman–Crippen MR) is 93.7 cm³/mol. The Morgan fingerprint density at radius 1 is 1.40 bits per heavy atom. The number of H-pyrrole nitrogens is 1. The minimum Gasteiger partial charge on any atom is -0.339 e. The molecule has 0 saturated carbocycles. The van der Waals surface area contributed by atoms with Gasteiger partial charge in [-0.05, 0) is 50.9 Å². The molecule has 1 fully saturated rings. The monoisotopic (exact) mass is 339 g/mol. The number of imidazole rings is 1. The Kier molecular flexibility index (Phi) is 4.23. The summed E-state index contributed by atoms with van der Waals surface area (Å²) in [6, 6.07) is 7.60. The van der Waals surface area contributed by atoms with Gasteiger partial charge in [-0.15, -0.1) is 0 Å². The van der Waals surface area contributed by atoms with Crippen LogP contribution in [0.3, 0.4) is 0 Å². The number of hydrogen-bond acceptors (Lipinski definition) is 5. The van der Waals surface area contributed by atoms with E-state index in [2.05, 4.69) is 20.4 Å². The third kappa shape index (κ3) is 3.28. The van der Waals surface area contributed by atoms with Crippen LogP contribution in [0.5, 0.6) is 0 Å². The van der Waals surface area contributed by atoms with Gasteiger partial charge in [-0.25, -0.2) is 4.79 Å². The molecule has 0 spiro atoms. The van der Waals surface area contributed by atoms with Gasteiger partial charge in [0.1, 0.15) is 0 Å². The van der Waals surface area contributed by atoms with Crippen LogP contribution in [0.4, 0.5) is 0 Å². The quantitative estimate of drug-likeness (QED) is 0.743. The SMILES string of the molecule is Cc1c[nH]c(=O)n1-c1cccc(-c2noc(CCC3CCNC3)n2)c1. The van der Waals surface area contributed by atoms with Crippen molar-refractivity contribution in [2.45, 2.75) is 26.2 Å². The zero-order valence-corrected chi connectivity index (χ0v) is 14.2. The molecule has 1 aromatic carbocycles. The van der Waals surface area contributed by atoms with Crippen molar-refractivity contribution < 1.29 is 4.52 Å². The first-order valence-corrected chi connectivity index (χ1v) is 8.62. The van der Waals surface area contributed by atoms with E-state index < -0.39 is 0 Å². The fourth-order valence-electron chi connectivity index (χ4n) is 3.32. The summed E-state index contributed by atoms with van der Waals surface area (Å²) in [7, 11) is 0. The molecule has 1 saturated heterocycles. The topological polar surface area (TPSA) is 88.7 Å². The standard InChI is InChI=1S/C18H21N5O2/c1-12-10-20-18(24)23(12)15-4-2-3-14(9-15)17-21-16(25-22-17)6-5-13-7-8-19-11-13/h2-4,9-10,13,19H,5-8,11H2,1H3,(H,20,24). The van der Waals surface area contributed by atoms with Crippen molar-refractivity contribution in [1.29, 1.82) is 0 Å². The summed E-state index contributed by atoms with van der Waals surface area (Å²) < 4.78 is 7.02. The molecule has 0 bridgehead atoms. The van der Waals surface area contributed by atoms with Crippen molar-refractivity contribution in [1.82, 2.24) is 25.0 Å². The molecule has 2 N–H and O–H groups in total. The van der Waals surface area contributed by atoms with Crippen LogP contribution in [0.2, 0.25) is 0 Å². The van der Waals surface area contributed by atoms with E-state index in [1.54, 1.807) is 10.8 Å². The molecule has 130 valence electrons. The van der Waals surface area contributed by atoms with Crippen molar-refractivity contribution in [3.8, 4) is 17.1 Å². The Morgan fingerprint density at radius 2 is 2.32 bits per heavy atom. The molecule has 7 heteroatoms. The van der Waals surface area contributed by atoms with Gasteiger partial charge >= 0.3 is 5.69 Å². The van der Waals surface area contributed by atoms with Crippen LogP contribution in [-0.2, 0) is 6.42 Å². The summed E-state index contributed by atoms with van der Waals surface area (Å²) >= 11 is 0. The van der Waals surface area contributed by atoms with Crippen molar-refractivity contribution >= 4 is 0 Å². The van der Waals surface area contributed by atoms with Gasteiger partial charge in [0.2, 0.25) is 11.7 Å². The predicted octanol–water partition coefficient (Wildman–Crippen LogP) is 2.07. The number of rotatable bonds is 5. The Hall–Kier alpha value is -2.67. The summed E-state index contributed by atoms with van der Waals surface area (Å²) in [5.41, 5.74) is 2.31. The molecule has 3 aromatic rings. The first-order chi connectivity index (χ1) is 12.2. The maximum Gasteiger partial charge on any atom is 0.330 e. The van der Waals surface area contributed by atoms with Crippen LogP contribution in [0.25, 0.3) is 17.1 Å². The average Bonchev–Trinajstić information content (AvgIpc) is 3.35. The van der Waals surface area contributed by atoms with E-state index in [9.17, 15) is 4.79 Å². The van der Waals surface area contributed by atoms with Gasteiger partial charge in [-0.3, -0.25) is 4.57 Å². The molecule has 1 aliphatic heterocycles. The Morgan fingerprint density at radius 3 is 3.08 bits per heavy atom. The molecular weight excluding hydrogens is 318 g/mol. The first kappa shape index (κ1) is 15.8. The lowest BCUT2D eigenvalue weighted by molar-refractivity contribution is 0.365. The maximum absolute atomic E-state index is 12.0. The second-order valence-electron chi connectivity index (χ2n) is 6.53. The zero-order valence-electron chi connectivity index (χ0n) is 14.2. The van der Waals surface area contributed by atoms with Crippen LogP contribution < -0.4 is 11.0 Å². The molecule has 7 nitrogen and oxygen atoms in total. The Balaban J connectivity index is 1.54. The molecule has 0 amide bonds. The molecule has 25 heavy (non-hydrogen) atoms. The summed E-state index contributed by atoms with van der Waals surface area (Å²) in [6.07, 6.45) is 4.77. The van der Waals surface area contributed by atoms with Crippen molar-refractivity contribution in [3.05, 3.63) is 52.5 Å². The second-order valence-corrected chi connectivity index (χ2v) is 6.53. The van der Waals surface area contributed by atoms with Crippen molar-refractivity contribution in [2.75, 3.05) is 13.1 Å². The minimum atomic E-state index is -0.159. The Bertz CT molecular complexity index is 917. The smallest absolute Gasteiger partial charge is 0.330 e. The van der Waals surface area contributed by atoms with Gasteiger partial charge in [0.25, 0.3) is 0 Å². The number of benzene rings is 1. The molecule has 4 rings (SSSR count). The van der Waals surface area contributed by atoms with Gasteiger partial charge in [0.05, 0.1) is 5.69 Å². The zero-order chi connectivity index (χ0) is 17.2. The molecule has 1 aliphatic rings. The van der Waals surface area contributed by atoms with Crippen molar-refractivity contribution in [2.24, 2.45) is 5.92 Å². The van der Waals surface area contributed by atoms with Gasteiger partial charge < -0.3 is 14.8 Å². The lowest BCUT2D eigenvalue weighted by Crippen LogP contribution is -2.15. The highest BCUT2D eigenvalue weighted by molar-refractivity contribution is 5.58. The third-order valence-electron chi connectivity index (χ3n) is 4.72. The van der Waals surface area contributed by atoms with Gasteiger partial charge in [0.15, 0.2) is 0 Å². The molecule has 1 unspecified atom stereocenters. The summed E-state index contributed by atoms with van der Waals surface area (Å²) in [4.78, 5) is 19.2. The summed E-state index contributed by atoms with van der Waals surface area (Å²) in [5.74, 6) is 1.92. The fourth-order valence-corrected chi connectivity index (χ4v) is 3.32. The maximum atomic E-state index is 12.0. The highest BCUT2D eigenvalue weighted by Gasteiger charge is 2.16. The van der Waals surface area contributed by atoms with Crippen LogP contribution in [0, 0.1) is 12.8 Å². The minimum absolute atomic E-state index is 0.159. The van der Waals surface area contributed by atoms with E-state index in [4.69, 9.17) is 4.52 Å². The fraction of sp³-hybridized carbons (Fsp3) is 0.389. The number of aromatic nitrogens is 4. The average molecular weight is 339 g/mol. The summed E-state index contributed by atoms with van der Waals surface area (Å²) in [5, 5.41) is 7.47. The third-order valence-corrected chi connectivity index (χ3v) is 4.72. The van der Waals surface area contributed by atoms with Crippen LogP contribution >= 0.6 is 0 Å². The van der Waals surface area contributed by atoms with Crippen molar-refractivity contribution in [3.63, 3.8) is 0 Å². The van der Waals surface area contributed by atoms with E-state index in [-0.39, 0.29) is 5.69 Å². The molecular formula is C18H21N5O2. The molecule has 0 aliphatic carbocycles. The first-order valence-electron chi connectivity index (χ1n) is 8.62. The van der Waals surface area contributed by atoms with E-state index >= 15 is 0 Å². The number of aryl methyl sites for hydroxylation is 2. The second kappa shape index (κ2) is 6.68. The molecule has 1 atom stereocenters. The number of hydrogen-bond donors (Lipinski definition) is 2. The van der Waals surface area contributed by atoms with Crippen LogP contribution in [-0.4, -0.2) is 32.8 Å². The van der Waals surface area contributed by atoms with Crippen LogP contribution in [0.1, 0.15) is 24.4 Å². The largest absolute Gasteiger partial charge is 0.339 e. The van der Waals surface area contributed by atoms with Gasteiger partial charge in [0, 0.05) is 23.9 Å². The van der Waals surface area contributed by atoms with E-state index in [0.29, 0.717) is 17.6 Å². The summed E-state index contributed by atoms with van der Waals surface area (Å²) in [6.45, 7) is 4.06. The highest BCUT2D eigenvalue weighted by atomic mass is 16.5. The Labute approximate surface area is 145 Å². The molecule has 2 aromatic heterocycles. The lowest BCUT2D eigenvalue weighted by atomic mass is 10.0. The van der Waals surface area contributed by atoms with E-state index in [1.807, 2.05) is 31.2 Å². The number of nitrogens with zero attached hydrogens (tertiary/aromatic N) is 3. The van der Waals surface area contributed by atoms with Gasteiger partial charge in [-0.2, -0.15) is 4.98 Å². The van der Waals surface area contributed by atoms with Crippen LogP contribution in [0.15, 0.2) is 39.8 Å².